The lowest BCUT2D eigenvalue weighted by Gasteiger charge is -2.38. The van der Waals surface area contributed by atoms with E-state index in [9.17, 15) is 18.0 Å². The number of hydrogen-bond acceptors (Lipinski definition) is 5. The molecular formula is C19H24ClN3O4S. The molecule has 152 valence electrons. The van der Waals surface area contributed by atoms with Gasteiger partial charge in [-0.25, -0.2) is 8.42 Å². The van der Waals surface area contributed by atoms with Crippen LogP contribution in [0.1, 0.15) is 12.8 Å². The number of amides is 2. The van der Waals surface area contributed by atoms with Gasteiger partial charge in [-0.1, -0.05) is 17.7 Å². The molecule has 3 aliphatic rings. The summed E-state index contributed by atoms with van der Waals surface area (Å²) < 4.78 is 23.4. The predicted molar refractivity (Wildman–Crippen MR) is 107 cm³/mol. The van der Waals surface area contributed by atoms with Crippen LogP contribution in [0.5, 0.6) is 0 Å². The van der Waals surface area contributed by atoms with Crippen molar-refractivity contribution in [3.05, 3.63) is 29.3 Å². The number of piperazine rings is 1. The first-order valence-electron chi connectivity index (χ1n) is 9.61. The molecule has 0 aromatic heterocycles. The van der Waals surface area contributed by atoms with Gasteiger partial charge in [-0.3, -0.25) is 14.5 Å². The molecule has 2 amide bonds. The highest BCUT2D eigenvalue weighted by atomic mass is 35.5. The SMILES string of the molecule is O=C(C1CC(=O)N(c2cccc(Cl)c2)C1)N1CCN(C2CCS(=O)(=O)C2)CC1. The van der Waals surface area contributed by atoms with Gasteiger partial charge in [0.2, 0.25) is 11.8 Å². The zero-order valence-electron chi connectivity index (χ0n) is 15.6. The first-order chi connectivity index (χ1) is 13.3. The third-order valence-electron chi connectivity index (χ3n) is 5.94. The van der Waals surface area contributed by atoms with Crippen molar-refractivity contribution in [2.45, 2.75) is 18.9 Å². The van der Waals surface area contributed by atoms with E-state index < -0.39 is 9.84 Å². The van der Waals surface area contributed by atoms with E-state index in [2.05, 4.69) is 4.90 Å². The topological polar surface area (TPSA) is 78.0 Å². The first-order valence-corrected chi connectivity index (χ1v) is 11.8. The maximum Gasteiger partial charge on any atom is 0.228 e. The van der Waals surface area contributed by atoms with Gasteiger partial charge in [-0.15, -0.1) is 0 Å². The highest BCUT2D eigenvalue weighted by molar-refractivity contribution is 7.91. The average molecular weight is 426 g/mol. The number of sulfone groups is 1. The highest BCUT2D eigenvalue weighted by Gasteiger charge is 2.39. The highest BCUT2D eigenvalue weighted by Crippen LogP contribution is 2.28. The summed E-state index contributed by atoms with van der Waals surface area (Å²) in [6.45, 7) is 2.91. The van der Waals surface area contributed by atoms with Crippen LogP contribution in [0.25, 0.3) is 0 Å². The minimum absolute atomic E-state index is 0.0107. The van der Waals surface area contributed by atoms with Crippen molar-refractivity contribution >= 4 is 38.9 Å². The largest absolute Gasteiger partial charge is 0.340 e. The van der Waals surface area contributed by atoms with Gasteiger partial charge in [0.15, 0.2) is 9.84 Å². The average Bonchev–Trinajstić information content (AvgIpc) is 3.23. The molecule has 1 aromatic carbocycles. The summed E-state index contributed by atoms with van der Waals surface area (Å²) in [4.78, 5) is 31.0. The Morgan fingerprint density at radius 1 is 1.14 bits per heavy atom. The number of benzene rings is 1. The van der Waals surface area contributed by atoms with E-state index in [1.54, 1.807) is 23.1 Å². The van der Waals surface area contributed by atoms with Crippen LogP contribution >= 0.6 is 11.6 Å². The summed E-state index contributed by atoms with van der Waals surface area (Å²) in [7, 11) is -2.90. The second kappa shape index (κ2) is 7.65. The van der Waals surface area contributed by atoms with Gasteiger partial charge in [0.1, 0.15) is 0 Å². The molecular weight excluding hydrogens is 402 g/mol. The summed E-state index contributed by atoms with van der Waals surface area (Å²) in [6, 6.07) is 7.19. The van der Waals surface area contributed by atoms with Crippen LogP contribution in [0.4, 0.5) is 5.69 Å². The van der Waals surface area contributed by atoms with E-state index in [1.807, 2.05) is 11.0 Å². The van der Waals surface area contributed by atoms with Crippen LogP contribution in [0.15, 0.2) is 24.3 Å². The molecule has 7 nitrogen and oxygen atoms in total. The van der Waals surface area contributed by atoms with Crippen LogP contribution in [0.3, 0.4) is 0 Å². The second-order valence-corrected chi connectivity index (χ2v) is 10.5. The second-order valence-electron chi connectivity index (χ2n) is 7.80. The Balaban J connectivity index is 1.34. The third-order valence-corrected chi connectivity index (χ3v) is 7.93. The Kier molecular flexibility index (Phi) is 5.37. The Labute approximate surface area is 170 Å². The lowest BCUT2D eigenvalue weighted by Crippen LogP contribution is -2.53. The van der Waals surface area contributed by atoms with Crippen molar-refractivity contribution in [3.8, 4) is 0 Å². The molecule has 0 spiro atoms. The predicted octanol–water partition coefficient (Wildman–Crippen LogP) is 1.02. The molecule has 4 rings (SSSR count). The van der Waals surface area contributed by atoms with Crippen molar-refractivity contribution in [1.29, 1.82) is 0 Å². The normalized spacial score (nSPS) is 28.1. The van der Waals surface area contributed by atoms with Crippen molar-refractivity contribution in [2.75, 3.05) is 49.1 Å². The van der Waals surface area contributed by atoms with E-state index in [0.717, 1.165) is 5.69 Å². The molecule has 0 saturated carbocycles. The maximum atomic E-state index is 12.9. The Morgan fingerprint density at radius 2 is 1.89 bits per heavy atom. The molecule has 0 aliphatic carbocycles. The molecule has 3 saturated heterocycles. The van der Waals surface area contributed by atoms with Crippen LogP contribution in [0, 0.1) is 5.92 Å². The number of nitrogens with zero attached hydrogens (tertiary/aromatic N) is 3. The summed E-state index contributed by atoms with van der Waals surface area (Å²) in [5, 5.41) is 0.560. The van der Waals surface area contributed by atoms with Crippen LogP contribution in [-0.2, 0) is 19.4 Å². The quantitative estimate of drug-likeness (QED) is 0.722. The minimum atomic E-state index is -2.90. The third kappa shape index (κ3) is 4.04. The lowest BCUT2D eigenvalue weighted by molar-refractivity contribution is -0.137. The Bertz CT molecular complexity index is 883. The molecule has 0 bridgehead atoms. The van der Waals surface area contributed by atoms with E-state index in [4.69, 9.17) is 11.6 Å². The molecule has 3 fully saturated rings. The van der Waals surface area contributed by atoms with Gasteiger partial charge in [0, 0.05) is 55.9 Å². The standard InChI is InChI=1S/C19H24ClN3O4S/c20-15-2-1-3-16(11-15)23-12-14(10-18(23)24)19(25)22-7-5-21(6-8-22)17-4-9-28(26,27)13-17/h1-3,11,14,17H,4-10,12-13H2. The summed E-state index contributed by atoms with van der Waals surface area (Å²) in [5.41, 5.74) is 0.722. The minimum Gasteiger partial charge on any atom is -0.340 e. The van der Waals surface area contributed by atoms with Gasteiger partial charge < -0.3 is 9.80 Å². The van der Waals surface area contributed by atoms with Crippen LogP contribution < -0.4 is 4.90 Å². The van der Waals surface area contributed by atoms with Crippen molar-refractivity contribution in [1.82, 2.24) is 9.80 Å². The van der Waals surface area contributed by atoms with E-state index in [0.29, 0.717) is 44.2 Å². The summed E-state index contributed by atoms with van der Waals surface area (Å²) in [5.74, 6) is 0.101. The maximum absolute atomic E-state index is 12.9. The molecule has 9 heteroatoms. The Hall–Kier alpha value is -1.64. The van der Waals surface area contributed by atoms with Gasteiger partial charge in [0.05, 0.1) is 17.4 Å². The number of hydrogen-bond donors (Lipinski definition) is 0. The van der Waals surface area contributed by atoms with Gasteiger partial charge in [0.25, 0.3) is 0 Å². The number of carbonyl (C=O) groups excluding carboxylic acids is 2. The lowest BCUT2D eigenvalue weighted by atomic mass is 10.1. The molecule has 1 aromatic rings. The number of rotatable bonds is 3. The molecule has 3 heterocycles. The van der Waals surface area contributed by atoms with Crippen LogP contribution in [0.2, 0.25) is 5.02 Å². The first kappa shape index (κ1) is 19.7. The number of halogens is 1. The zero-order valence-corrected chi connectivity index (χ0v) is 17.2. The molecule has 0 N–H and O–H groups in total. The molecule has 2 unspecified atom stereocenters. The van der Waals surface area contributed by atoms with Gasteiger partial charge in [-0.05, 0) is 24.6 Å². The Morgan fingerprint density at radius 3 is 2.54 bits per heavy atom. The molecule has 0 radical (unpaired) electrons. The van der Waals surface area contributed by atoms with Crippen molar-refractivity contribution in [2.24, 2.45) is 5.92 Å². The van der Waals surface area contributed by atoms with Crippen molar-refractivity contribution < 1.29 is 18.0 Å². The van der Waals surface area contributed by atoms with Gasteiger partial charge in [-0.2, -0.15) is 0 Å². The molecule has 28 heavy (non-hydrogen) atoms. The smallest absolute Gasteiger partial charge is 0.228 e. The fraction of sp³-hybridized carbons (Fsp3) is 0.579. The van der Waals surface area contributed by atoms with Gasteiger partial charge >= 0.3 is 0 Å². The van der Waals surface area contributed by atoms with Crippen molar-refractivity contribution in [3.63, 3.8) is 0 Å². The summed E-state index contributed by atoms with van der Waals surface area (Å²) in [6.07, 6.45) is 0.897. The molecule has 3 aliphatic heterocycles. The fourth-order valence-electron chi connectivity index (χ4n) is 4.40. The zero-order chi connectivity index (χ0) is 19.9. The number of carbonyl (C=O) groups is 2. The van der Waals surface area contributed by atoms with Crippen LogP contribution in [-0.4, -0.2) is 80.3 Å². The molecule has 2 atom stereocenters. The summed E-state index contributed by atoms with van der Waals surface area (Å²) >= 11 is 6.02. The van der Waals surface area contributed by atoms with E-state index >= 15 is 0 Å². The monoisotopic (exact) mass is 425 g/mol. The van der Waals surface area contributed by atoms with E-state index in [-0.39, 0.29) is 41.7 Å². The fourth-order valence-corrected chi connectivity index (χ4v) is 6.34. The number of anilines is 1. The van der Waals surface area contributed by atoms with E-state index in [1.165, 1.54) is 0 Å².